The predicted octanol–water partition coefficient (Wildman–Crippen LogP) is -1.91. The molecule has 0 aliphatic carbocycles. The van der Waals surface area contributed by atoms with Gasteiger partial charge in [-0.1, -0.05) is 0 Å². The van der Waals surface area contributed by atoms with Crippen molar-refractivity contribution in [2.75, 3.05) is 26.4 Å². The van der Waals surface area contributed by atoms with Crippen LogP contribution in [0, 0.1) is 0 Å². The number of morpholine rings is 1. The van der Waals surface area contributed by atoms with Crippen molar-refractivity contribution in [3.8, 4) is 0 Å². The summed E-state index contributed by atoms with van der Waals surface area (Å²) in [6, 6.07) is -0.612. The minimum Gasteiger partial charge on any atom is -0.395 e. The van der Waals surface area contributed by atoms with Gasteiger partial charge >= 0.3 is 0 Å². The van der Waals surface area contributed by atoms with Crippen molar-refractivity contribution in [2.24, 2.45) is 0 Å². The Hall–Kier alpha value is -0.980. The van der Waals surface area contributed by atoms with E-state index in [0.717, 1.165) is 0 Å². The molecule has 0 saturated carbocycles. The number of carbonyl (C=O) groups excluding carboxylic acids is 2. The van der Waals surface area contributed by atoms with Gasteiger partial charge in [-0.25, -0.2) is 0 Å². The van der Waals surface area contributed by atoms with Gasteiger partial charge in [0.15, 0.2) is 0 Å². The summed E-state index contributed by atoms with van der Waals surface area (Å²) in [6.07, 6.45) is 0.190. The lowest BCUT2D eigenvalue weighted by Gasteiger charge is -2.37. The van der Waals surface area contributed by atoms with E-state index in [1.165, 1.54) is 0 Å². The maximum Gasteiger partial charge on any atom is 0.244 e. The van der Waals surface area contributed by atoms with E-state index >= 15 is 0 Å². The van der Waals surface area contributed by atoms with Gasteiger partial charge in [0.1, 0.15) is 0 Å². The standard InChI is InChI=1S/C9H14N2O4/c12-4-6-5-15-2-1-11(6)7-3-8(13)10-9(7)14/h6-7,12H,1-5H2,(H,10,13,14). The topological polar surface area (TPSA) is 78.9 Å². The van der Waals surface area contributed by atoms with Gasteiger partial charge < -0.3 is 9.84 Å². The number of ether oxygens (including phenoxy) is 1. The molecular formula is C9H14N2O4. The van der Waals surface area contributed by atoms with Crippen LogP contribution in [-0.4, -0.2) is 60.3 Å². The molecule has 2 aliphatic rings. The van der Waals surface area contributed by atoms with Crippen molar-refractivity contribution >= 4 is 11.8 Å². The molecule has 0 aromatic heterocycles. The highest BCUT2D eigenvalue weighted by atomic mass is 16.5. The lowest BCUT2D eigenvalue weighted by molar-refractivity contribution is -0.129. The van der Waals surface area contributed by atoms with Crippen LogP contribution in [0.25, 0.3) is 0 Å². The Bertz CT molecular complexity index is 281. The maximum atomic E-state index is 11.4. The van der Waals surface area contributed by atoms with Gasteiger partial charge in [-0.2, -0.15) is 0 Å². The summed E-state index contributed by atoms with van der Waals surface area (Å²) in [5.74, 6) is -0.506. The highest BCUT2D eigenvalue weighted by Gasteiger charge is 2.39. The second kappa shape index (κ2) is 4.26. The van der Waals surface area contributed by atoms with E-state index in [2.05, 4.69) is 5.32 Å². The van der Waals surface area contributed by atoms with Crippen LogP contribution in [-0.2, 0) is 14.3 Å². The number of nitrogens with zero attached hydrogens (tertiary/aromatic N) is 1. The highest BCUT2D eigenvalue weighted by molar-refractivity contribution is 6.05. The average Bonchev–Trinajstić information content (AvgIpc) is 2.57. The van der Waals surface area contributed by atoms with Gasteiger partial charge in [-0.15, -0.1) is 0 Å². The number of amides is 2. The first-order valence-electron chi connectivity index (χ1n) is 5.00. The molecule has 0 aromatic rings. The Morgan fingerprint density at radius 3 is 2.93 bits per heavy atom. The molecular weight excluding hydrogens is 200 g/mol. The summed E-state index contributed by atoms with van der Waals surface area (Å²) in [5, 5.41) is 11.4. The van der Waals surface area contributed by atoms with Crippen LogP contribution < -0.4 is 5.32 Å². The van der Waals surface area contributed by atoms with E-state index in [-0.39, 0.29) is 30.9 Å². The molecule has 2 rings (SSSR count). The number of carbonyl (C=O) groups is 2. The fourth-order valence-corrected chi connectivity index (χ4v) is 2.04. The molecule has 2 amide bonds. The third-order valence-corrected chi connectivity index (χ3v) is 2.83. The first kappa shape index (κ1) is 10.5. The van der Waals surface area contributed by atoms with E-state index < -0.39 is 6.04 Å². The summed E-state index contributed by atoms with van der Waals surface area (Å²) < 4.78 is 5.21. The van der Waals surface area contributed by atoms with Crippen molar-refractivity contribution in [2.45, 2.75) is 18.5 Å². The number of aliphatic hydroxyl groups excluding tert-OH is 1. The molecule has 0 radical (unpaired) electrons. The first-order valence-corrected chi connectivity index (χ1v) is 5.00. The molecule has 2 saturated heterocycles. The van der Waals surface area contributed by atoms with Gasteiger partial charge in [0.05, 0.1) is 38.3 Å². The fraction of sp³-hybridized carbons (Fsp3) is 0.778. The molecule has 6 nitrogen and oxygen atoms in total. The zero-order valence-corrected chi connectivity index (χ0v) is 8.31. The molecule has 6 heteroatoms. The van der Waals surface area contributed by atoms with Crippen molar-refractivity contribution < 1.29 is 19.4 Å². The van der Waals surface area contributed by atoms with Crippen molar-refractivity contribution in [1.82, 2.24) is 10.2 Å². The summed E-state index contributed by atoms with van der Waals surface area (Å²) >= 11 is 0. The quantitative estimate of drug-likeness (QED) is 0.525. The third-order valence-electron chi connectivity index (χ3n) is 2.83. The number of aliphatic hydroxyl groups is 1. The average molecular weight is 214 g/mol. The number of imide groups is 1. The van der Waals surface area contributed by atoms with E-state index in [1.54, 1.807) is 0 Å². The number of nitrogens with one attached hydrogen (secondary N) is 1. The molecule has 2 aliphatic heterocycles. The van der Waals surface area contributed by atoms with Gasteiger partial charge in [0.2, 0.25) is 11.8 Å². The second-order valence-electron chi connectivity index (χ2n) is 3.78. The molecule has 2 N–H and O–H groups in total. The Kier molecular flexibility index (Phi) is 2.99. The maximum absolute atomic E-state index is 11.4. The Morgan fingerprint density at radius 2 is 2.33 bits per heavy atom. The van der Waals surface area contributed by atoms with Crippen molar-refractivity contribution in [1.29, 1.82) is 0 Å². The minimum absolute atomic E-state index is 0.0576. The van der Waals surface area contributed by atoms with Crippen LogP contribution in [0.5, 0.6) is 0 Å². The third kappa shape index (κ3) is 2.01. The van der Waals surface area contributed by atoms with Crippen LogP contribution in [0.4, 0.5) is 0 Å². The number of hydrogen-bond acceptors (Lipinski definition) is 5. The molecule has 0 aromatic carbocycles. The van der Waals surface area contributed by atoms with Crippen LogP contribution in [0.15, 0.2) is 0 Å². The molecule has 2 heterocycles. The monoisotopic (exact) mass is 214 g/mol. The van der Waals surface area contributed by atoms with Crippen LogP contribution in [0.3, 0.4) is 0 Å². The first-order chi connectivity index (χ1) is 7.22. The normalized spacial score (nSPS) is 33.1. The lowest BCUT2D eigenvalue weighted by Crippen LogP contribution is -2.54. The molecule has 2 atom stereocenters. The molecule has 0 spiro atoms. The van der Waals surface area contributed by atoms with E-state index in [9.17, 15) is 9.59 Å². The van der Waals surface area contributed by atoms with Gasteiger partial charge in [-0.3, -0.25) is 19.8 Å². The van der Waals surface area contributed by atoms with Gasteiger partial charge in [-0.05, 0) is 0 Å². The molecule has 15 heavy (non-hydrogen) atoms. The summed E-state index contributed by atoms with van der Waals surface area (Å²) in [5.41, 5.74) is 0. The second-order valence-corrected chi connectivity index (χ2v) is 3.78. The number of hydrogen-bond donors (Lipinski definition) is 2. The Balaban J connectivity index is 2.07. The summed E-state index contributed by atoms with van der Waals surface area (Å²) in [6.45, 7) is 1.47. The zero-order valence-electron chi connectivity index (χ0n) is 8.31. The van der Waals surface area contributed by atoms with Crippen LogP contribution in [0.2, 0.25) is 0 Å². The smallest absolute Gasteiger partial charge is 0.244 e. The lowest BCUT2D eigenvalue weighted by atomic mass is 10.1. The zero-order chi connectivity index (χ0) is 10.8. The fourth-order valence-electron chi connectivity index (χ4n) is 2.04. The van der Waals surface area contributed by atoms with Crippen LogP contribution in [0.1, 0.15) is 6.42 Å². The van der Waals surface area contributed by atoms with E-state index in [4.69, 9.17) is 9.84 Å². The van der Waals surface area contributed by atoms with Crippen molar-refractivity contribution in [3.05, 3.63) is 0 Å². The predicted molar refractivity (Wildman–Crippen MR) is 50.0 cm³/mol. The SMILES string of the molecule is O=C1CC(N2CCOCC2CO)C(=O)N1. The summed E-state index contributed by atoms with van der Waals surface area (Å²) in [7, 11) is 0. The van der Waals surface area contributed by atoms with Gasteiger partial charge in [0.25, 0.3) is 0 Å². The number of rotatable bonds is 2. The molecule has 0 bridgehead atoms. The highest BCUT2D eigenvalue weighted by Crippen LogP contribution is 2.17. The Morgan fingerprint density at radius 1 is 1.53 bits per heavy atom. The minimum atomic E-state index is -0.432. The molecule has 2 fully saturated rings. The van der Waals surface area contributed by atoms with Crippen LogP contribution >= 0.6 is 0 Å². The van der Waals surface area contributed by atoms with Crippen molar-refractivity contribution in [3.63, 3.8) is 0 Å². The largest absolute Gasteiger partial charge is 0.395 e. The molecule has 84 valence electrons. The summed E-state index contributed by atoms with van der Waals surface area (Å²) in [4.78, 5) is 24.3. The Labute approximate surface area is 87.2 Å². The molecule has 2 unspecified atom stereocenters. The van der Waals surface area contributed by atoms with E-state index in [1.807, 2.05) is 4.90 Å². The van der Waals surface area contributed by atoms with Gasteiger partial charge in [0, 0.05) is 6.54 Å². The van der Waals surface area contributed by atoms with E-state index in [0.29, 0.717) is 19.8 Å².